The fraction of sp³-hybridized carbons (Fsp3) is 0.0784. The summed E-state index contributed by atoms with van der Waals surface area (Å²) in [5.74, 6) is 0.109. The highest BCUT2D eigenvalue weighted by molar-refractivity contribution is 6.15. The van der Waals surface area contributed by atoms with Gasteiger partial charge in [0.1, 0.15) is 11.2 Å². The average Bonchev–Trinajstić information content (AvgIpc) is 3.76. The third-order valence-electron chi connectivity index (χ3n) is 11.3. The first-order valence-corrected chi connectivity index (χ1v) is 18.7. The quantitative estimate of drug-likeness (QED) is 0.159. The lowest BCUT2D eigenvalue weighted by Gasteiger charge is -2.27. The lowest BCUT2D eigenvalue weighted by atomic mass is 9.78. The molecular weight excluding hydrogens is 657 g/mol. The summed E-state index contributed by atoms with van der Waals surface area (Å²) in [6.07, 6.45) is 3.24. The molecular formula is C51H38N2O. The number of rotatable bonds is 6. The normalized spacial score (nSPS) is 14.5. The van der Waals surface area contributed by atoms with Crippen molar-refractivity contribution < 1.29 is 4.42 Å². The second kappa shape index (κ2) is 12.8. The molecule has 1 atom stereocenters. The maximum absolute atomic E-state index is 6.50. The standard InChI is InChI=1S/C51H38N2O/c1-32-14-7-8-18-39(32)51(43-27-24-33(2)38-17-9-10-19-41(38)43)52-34(3)40-21-13-23-49-50(40)45-31-36(26-29-48(45)54-49)35-25-28-47-44(30-35)42-20-11-12-22-46(42)53(47)37-15-5-4-6-16-37/h4-26,28-31,43H,3,27H2,1-2H3. The van der Waals surface area contributed by atoms with Crippen molar-refractivity contribution in [1.82, 2.24) is 4.57 Å². The highest BCUT2D eigenvalue weighted by Crippen LogP contribution is 2.41. The van der Waals surface area contributed by atoms with Crippen LogP contribution in [0.25, 0.3) is 71.8 Å². The van der Waals surface area contributed by atoms with Crippen molar-refractivity contribution in [3.05, 3.63) is 198 Å². The number of aryl methyl sites for hydroxylation is 1. The van der Waals surface area contributed by atoms with E-state index in [9.17, 15) is 0 Å². The molecule has 1 aliphatic carbocycles. The van der Waals surface area contributed by atoms with Crippen molar-refractivity contribution in [2.24, 2.45) is 4.99 Å². The van der Waals surface area contributed by atoms with Gasteiger partial charge in [-0.2, -0.15) is 0 Å². The van der Waals surface area contributed by atoms with Gasteiger partial charge in [-0.05, 0) is 108 Å². The highest BCUT2D eigenvalue weighted by Gasteiger charge is 2.27. The number of aliphatic imine (C=N–C) groups is 1. The van der Waals surface area contributed by atoms with Crippen LogP contribution in [-0.2, 0) is 0 Å². The Hall–Kier alpha value is -6.71. The zero-order valence-electron chi connectivity index (χ0n) is 30.4. The topological polar surface area (TPSA) is 30.4 Å². The molecule has 2 heterocycles. The Bertz CT molecular complexity index is 3010. The van der Waals surface area contributed by atoms with Gasteiger partial charge in [0, 0.05) is 38.7 Å². The molecule has 0 aliphatic heterocycles. The number of nitrogens with zero attached hydrogens (tertiary/aromatic N) is 2. The molecule has 0 saturated heterocycles. The van der Waals surface area contributed by atoms with Crippen molar-refractivity contribution in [3.8, 4) is 16.8 Å². The van der Waals surface area contributed by atoms with E-state index in [2.05, 4.69) is 177 Å². The fourth-order valence-electron chi connectivity index (χ4n) is 8.60. The summed E-state index contributed by atoms with van der Waals surface area (Å²) in [6.45, 7) is 9.03. The fourth-order valence-corrected chi connectivity index (χ4v) is 8.60. The Balaban J connectivity index is 1.11. The van der Waals surface area contributed by atoms with Gasteiger partial charge in [-0.1, -0.05) is 122 Å². The predicted molar refractivity (Wildman–Crippen MR) is 228 cm³/mol. The second-order valence-corrected chi connectivity index (χ2v) is 14.4. The van der Waals surface area contributed by atoms with Crippen molar-refractivity contribution in [2.45, 2.75) is 26.2 Å². The number of fused-ring (bicyclic) bond motifs is 7. The lowest BCUT2D eigenvalue weighted by Crippen LogP contribution is -2.19. The van der Waals surface area contributed by atoms with E-state index in [0.29, 0.717) is 0 Å². The maximum Gasteiger partial charge on any atom is 0.136 e. The van der Waals surface area contributed by atoms with E-state index < -0.39 is 0 Å². The van der Waals surface area contributed by atoms with Crippen LogP contribution in [-0.4, -0.2) is 10.3 Å². The average molecular weight is 695 g/mol. The van der Waals surface area contributed by atoms with E-state index in [1.54, 1.807) is 0 Å². The zero-order valence-corrected chi connectivity index (χ0v) is 30.4. The van der Waals surface area contributed by atoms with Crippen molar-refractivity contribution in [3.63, 3.8) is 0 Å². The SMILES string of the molecule is C=C(N=C(c1ccccc1C)C1CC=C(C)c2ccccc21)c1cccc2oc3ccc(-c4ccc5c(c4)c4ccccc4n5-c4ccccc4)cc3c12. The van der Waals surface area contributed by atoms with Crippen LogP contribution in [0.4, 0.5) is 0 Å². The van der Waals surface area contributed by atoms with E-state index in [1.165, 1.54) is 44.1 Å². The molecule has 1 aliphatic rings. The van der Waals surface area contributed by atoms with Gasteiger partial charge in [-0.15, -0.1) is 0 Å². The van der Waals surface area contributed by atoms with Crippen LogP contribution < -0.4 is 0 Å². The molecule has 0 bridgehead atoms. The van der Waals surface area contributed by atoms with Crippen molar-refractivity contribution >= 4 is 60.7 Å². The number of para-hydroxylation sites is 2. The monoisotopic (exact) mass is 694 g/mol. The minimum Gasteiger partial charge on any atom is -0.456 e. The second-order valence-electron chi connectivity index (χ2n) is 14.4. The van der Waals surface area contributed by atoms with Gasteiger partial charge in [-0.3, -0.25) is 4.99 Å². The van der Waals surface area contributed by atoms with Crippen LogP contribution in [0.3, 0.4) is 0 Å². The summed E-state index contributed by atoms with van der Waals surface area (Å²) in [5, 5.41) is 4.56. The molecule has 0 radical (unpaired) electrons. The first-order valence-electron chi connectivity index (χ1n) is 18.7. The molecule has 0 amide bonds. The first kappa shape index (κ1) is 32.0. The summed E-state index contributed by atoms with van der Waals surface area (Å²) in [6, 6.07) is 56.2. The molecule has 1 unspecified atom stereocenters. The van der Waals surface area contributed by atoms with E-state index >= 15 is 0 Å². The molecule has 10 rings (SSSR count). The summed E-state index contributed by atoms with van der Waals surface area (Å²) in [4.78, 5) is 5.48. The van der Waals surface area contributed by atoms with Crippen molar-refractivity contribution in [2.75, 3.05) is 0 Å². The number of hydrogen-bond acceptors (Lipinski definition) is 2. The lowest BCUT2D eigenvalue weighted by molar-refractivity contribution is 0.669. The maximum atomic E-state index is 6.50. The van der Waals surface area contributed by atoms with Crippen molar-refractivity contribution in [1.29, 1.82) is 0 Å². The van der Waals surface area contributed by atoms with Crippen LogP contribution >= 0.6 is 0 Å². The summed E-state index contributed by atoms with van der Waals surface area (Å²) in [7, 11) is 0. The zero-order chi connectivity index (χ0) is 36.3. The molecule has 0 spiro atoms. The minimum absolute atomic E-state index is 0.109. The molecule has 258 valence electrons. The van der Waals surface area contributed by atoms with E-state index in [-0.39, 0.29) is 5.92 Å². The smallest absolute Gasteiger partial charge is 0.136 e. The van der Waals surface area contributed by atoms with Gasteiger partial charge in [0.05, 0.1) is 22.4 Å². The third kappa shape index (κ3) is 5.15. The summed E-state index contributed by atoms with van der Waals surface area (Å²) < 4.78 is 8.85. The molecule has 7 aromatic carbocycles. The van der Waals surface area contributed by atoms with E-state index in [4.69, 9.17) is 9.41 Å². The molecule has 54 heavy (non-hydrogen) atoms. The number of allylic oxidation sites excluding steroid dienone is 2. The molecule has 0 saturated carbocycles. The van der Waals surface area contributed by atoms with E-state index in [0.717, 1.165) is 67.7 Å². The third-order valence-corrected chi connectivity index (χ3v) is 11.3. The molecule has 0 fully saturated rings. The Morgan fingerprint density at radius 1 is 0.630 bits per heavy atom. The first-order chi connectivity index (χ1) is 26.5. The Morgan fingerprint density at radius 2 is 1.33 bits per heavy atom. The Morgan fingerprint density at radius 3 is 2.20 bits per heavy atom. The van der Waals surface area contributed by atoms with Gasteiger partial charge < -0.3 is 8.98 Å². The molecule has 3 heteroatoms. The van der Waals surface area contributed by atoms with Crippen LogP contribution in [0.15, 0.2) is 180 Å². The number of aromatic nitrogens is 1. The van der Waals surface area contributed by atoms with Gasteiger partial charge in [0.15, 0.2) is 0 Å². The molecule has 2 aromatic heterocycles. The molecule has 0 N–H and O–H groups in total. The van der Waals surface area contributed by atoms with Gasteiger partial charge in [0.25, 0.3) is 0 Å². The summed E-state index contributed by atoms with van der Waals surface area (Å²) >= 11 is 0. The predicted octanol–water partition coefficient (Wildman–Crippen LogP) is 13.7. The highest BCUT2D eigenvalue weighted by atomic mass is 16.3. The number of furan rings is 1. The largest absolute Gasteiger partial charge is 0.456 e. The van der Waals surface area contributed by atoms with Crippen LogP contribution in [0, 0.1) is 6.92 Å². The number of hydrogen-bond donors (Lipinski definition) is 0. The summed E-state index contributed by atoms with van der Waals surface area (Å²) in [5.41, 5.74) is 16.5. The Labute approximate surface area is 314 Å². The Kier molecular flexibility index (Phi) is 7.55. The van der Waals surface area contributed by atoms with Gasteiger partial charge in [0.2, 0.25) is 0 Å². The van der Waals surface area contributed by atoms with Crippen LogP contribution in [0.5, 0.6) is 0 Å². The number of benzene rings is 7. The molecule has 9 aromatic rings. The van der Waals surface area contributed by atoms with Gasteiger partial charge >= 0.3 is 0 Å². The van der Waals surface area contributed by atoms with Crippen LogP contribution in [0.2, 0.25) is 0 Å². The minimum atomic E-state index is 0.109. The van der Waals surface area contributed by atoms with Gasteiger partial charge in [-0.25, -0.2) is 0 Å². The van der Waals surface area contributed by atoms with E-state index in [1.807, 2.05) is 12.1 Å². The van der Waals surface area contributed by atoms with Crippen LogP contribution in [0.1, 0.15) is 47.1 Å². The molecule has 3 nitrogen and oxygen atoms in total.